The summed E-state index contributed by atoms with van der Waals surface area (Å²) >= 11 is 0. The molecule has 0 bridgehead atoms. The van der Waals surface area contributed by atoms with E-state index in [1.165, 1.54) is 96.3 Å². The Morgan fingerprint density at radius 2 is 1.00 bits per heavy atom. The number of hydrogen-bond donors (Lipinski definition) is 3. The van der Waals surface area contributed by atoms with E-state index in [9.17, 15) is 19.8 Å². The summed E-state index contributed by atoms with van der Waals surface area (Å²) in [5.74, 6) is -0.105. The van der Waals surface area contributed by atoms with Crippen molar-refractivity contribution in [1.82, 2.24) is 5.32 Å². The van der Waals surface area contributed by atoms with Crippen molar-refractivity contribution in [2.75, 3.05) is 13.2 Å². The fourth-order valence-corrected chi connectivity index (χ4v) is 6.43. The largest absolute Gasteiger partial charge is 0.466 e. The van der Waals surface area contributed by atoms with Gasteiger partial charge in [-0.05, 0) is 83.5 Å². The number of esters is 1. The highest BCUT2D eigenvalue weighted by Crippen LogP contribution is 2.14. The van der Waals surface area contributed by atoms with Gasteiger partial charge in [-0.3, -0.25) is 9.59 Å². The van der Waals surface area contributed by atoms with Crippen LogP contribution in [0.5, 0.6) is 0 Å². The summed E-state index contributed by atoms with van der Waals surface area (Å²) in [6.07, 6.45) is 48.1. The molecule has 0 saturated carbocycles. The number of rotatable bonds is 40. The third-order valence-corrected chi connectivity index (χ3v) is 9.89. The van der Waals surface area contributed by atoms with E-state index in [1.807, 2.05) is 0 Å². The number of aliphatic hydroxyl groups is 2. The normalized spacial score (nSPS) is 13.1. The lowest BCUT2D eigenvalue weighted by molar-refractivity contribution is -0.143. The Labute approximate surface area is 322 Å². The second-order valence-electron chi connectivity index (χ2n) is 15.0. The van der Waals surface area contributed by atoms with E-state index >= 15 is 0 Å². The zero-order chi connectivity index (χ0) is 38.0. The number of amides is 1. The Morgan fingerprint density at radius 3 is 1.56 bits per heavy atom. The quantitative estimate of drug-likeness (QED) is 0.0331. The number of ether oxygens (including phenoxy) is 1. The Bertz CT molecular complexity index is 854. The van der Waals surface area contributed by atoms with Gasteiger partial charge >= 0.3 is 5.97 Å². The fourth-order valence-electron chi connectivity index (χ4n) is 6.43. The van der Waals surface area contributed by atoms with Crippen LogP contribution in [0.25, 0.3) is 0 Å². The lowest BCUT2D eigenvalue weighted by Crippen LogP contribution is -2.45. The van der Waals surface area contributed by atoms with Gasteiger partial charge in [0.1, 0.15) is 0 Å². The zero-order valence-corrected chi connectivity index (χ0v) is 34.3. The third-order valence-electron chi connectivity index (χ3n) is 9.89. The Hall–Kier alpha value is -1.92. The van der Waals surface area contributed by atoms with E-state index in [0.29, 0.717) is 25.9 Å². The Kier molecular flexibility index (Phi) is 40.3. The van der Waals surface area contributed by atoms with Crippen LogP contribution in [0.2, 0.25) is 0 Å². The second kappa shape index (κ2) is 41.8. The number of aliphatic hydroxyl groups excluding tert-OH is 2. The molecule has 0 aliphatic heterocycles. The Morgan fingerprint density at radius 1 is 0.538 bits per heavy atom. The third kappa shape index (κ3) is 37.8. The van der Waals surface area contributed by atoms with Gasteiger partial charge in [0, 0.05) is 12.8 Å². The van der Waals surface area contributed by atoms with Crippen molar-refractivity contribution in [3.8, 4) is 0 Å². The van der Waals surface area contributed by atoms with Crippen LogP contribution < -0.4 is 5.32 Å². The molecule has 1 amide bonds. The highest BCUT2D eigenvalue weighted by Gasteiger charge is 2.20. The molecule has 0 aromatic carbocycles. The maximum atomic E-state index is 12.4. The zero-order valence-electron chi connectivity index (χ0n) is 34.3. The first kappa shape index (κ1) is 50.1. The van der Waals surface area contributed by atoms with Gasteiger partial charge in [-0.15, -0.1) is 0 Å². The molecule has 6 nitrogen and oxygen atoms in total. The number of unbranched alkanes of at least 4 members (excludes halogenated alkanes) is 23. The van der Waals surface area contributed by atoms with E-state index in [2.05, 4.69) is 55.6 Å². The molecule has 3 N–H and O–H groups in total. The molecule has 304 valence electrons. The summed E-state index contributed by atoms with van der Waals surface area (Å²) < 4.78 is 5.41. The molecule has 0 aliphatic carbocycles. The molecule has 0 fully saturated rings. The standard InChI is InChI=1S/C46H85NO5/c1-3-5-7-9-11-13-15-16-20-24-28-32-36-40-46(51)52-41-37-33-29-25-21-18-17-19-23-27-31-35-39-45(50)47-43(42-48)44(49)38-34-30-26-22-14-12-10-8-6-4-2/h7,9,13,15,18,21,43-44,48-49H,3-6,8,10-12,14,16-17,19-20,22-42H2,1-2H3,(H,47,50)/b9-7-,15-13-,21-18-. The second-order valence-corrected chi connectivity index (χ2v) is 15.0. The summed E-state index contributed by atoms with van der Waals surface area (Å²) in [4.78, 5) is 24.3. The van der Waals surface area contributed by atoms with Crippen molar-refractivity contribution in [3.05, 3.63) is 36.5 Å². The van der Waals surface area contributed by atoms with Crippen molar-refractivity contribution in [3.63, 3.8) is 0 Å². The van der Waals surface area contributed by atoms with E-state index in [-0.39, 0.29) is 18.5 Å². The van der Waals surface area contributed by atoms with Crippen LogP contribution in [0.3, 0.4) is 0 Å². The van der Waals surface area contributed by atoms with E-state index in [1.54, 1.807) is 0 Å². The molecule has 2 atom stereocenters. The van der Waals surface area contributed by atoms with E-state index in [0.717, 1.165) is 89.9 Å². The minimum Gasteiger partial charge on any atom is -0.466 e. The van der Waals surface area contributed by atoms with Crippen molar-refractivity contribution >= 4 is 11.9 Å². The number of carbonyl (C=O) groups is 2. The fraction of sp³-hybridized carbons (Fsp3) is 0.826. The van der Waals surface area contributed by atoms with Gasteiger partial charge in [-0.2, -0.15) is 0 Å². The van der Waals surface area contributed by atoms with Crippen molar-refractivity contribution in [1.29, 1.82) is 0 Å². The first-order valence-corrected chi connectivity index (χ1v) is 22.2. The first-order valence-electron chi connectivity index (χ1n) is 22.2. The molecule has 0 radical (unpaired) electrons. The summed E-state index contributed by atoms with van der Waals surface area (Å²) in [5.41, 5.74) is 0. The van der Waals surface area contributed by atoms with Crippen LogP contribution in [-0.4, -0.2) is 47.4 Å². The maximum absolute atomic E-state index is 12.4. The molecular formula is C46H85NO5. The highest BCUT2D eigenvalue weighted by molar-refractivity contribution is 5.76. The maximum Gasteiger partial charge on any atom is 0.305 e. The molecule has 0 saturated heterocycles. The van der Waals surface area contributed by atoms with Gasteiger partial charge < -0.3 is 20.3 Å². The van der Waals surface area contributed by atoms with Crippen molar-refractivity contribution in [2.24, 2.45) is 0 Å². The smallest absolute Gasteiger partial charge is 0.305 e. The summed E-state index contributed by atoms with van der Waals surface area (Å²) in [6.45, 7) is 4.78. The van der Waals surface area contributed by atoms with Gasteiger partial charge in [-0.1, -0.05) is 159 Å². The molecule has 0 heterocycles. The minimum atomic E-state index is -0.679. The lowest BCUT2D eigenvalue weighted by atomic mass is 10.0. The van der Waals surface area contributed by atoms with Gasteiger partial charge in [0.15, 0.2) is 0 Å². The number of carbonyl (C=O) groups excluding carboxylic acids is 2. The average molecular weight is 732 g/mol. The van der Waals surface area contributed by atoms with Crippen LogP contribution >= 0.6 is 0 Å². The highest BCUT2D eigenvalue weighted by atomic mass is 16.5. The molecule has 2 unspecified atom stereocenters. The van der Waals surface area contributed by atoms with Gasteiger partial charge in [0.05, 0.1) is 25.4 Å². The van der Waals surface area contributed by atoms with Crippen LogP contribution in [0.4, 0.5) is 0 Å². The van der Waals surface area contributed by atoms with Gasteiger partial charge in [-0.25, -0.2) is 0 Å². The first-order chi connectivity index (χ1) is 25.5. The van der Waals surface area contributed by atoms with Crippen molar-refractivity contribution in [2.45, 2.75) is 231 Å². The number of hydrogen-bond acceptors (Lipinski definition) is 5. The van der Waals surface area contributed by atoms with E-state index < -0.39 is 12.1 Å². The number of nitrogens with one attached hydrogen (secondary N) is 1. The van der Waals surface area contributed by atoms with Crippen molar-refractivity contribution < 1.29 is 24.5 Å². The molecular weight excluding hydrogens is 647 g/mol. The molecule has 0 aromatic rings. The van der Waals surface area contributed by atoms with Crippen LogP contribution in [-0.2, 0) is 14.3 Å². The predicted molar refractivity (Wildman–Crippen MR) is 222 cm³/mol. The summed E-state index contributed by atoms with van der Waals surface area (Å²) in [7, 11) is 0. The van der Waals surface area contributed by atoms with Crippen LogP contribution in [0.15, 0.2) is 36.5 Å². The monoisotopic (exact) mass is 732 g/mol. The molecule has 0 aromatic heterocycles. The summed E-state index contributed by atoms with van der Waals surface area (Å²) in [5, 5.41) is 23.0. The number of allylic oxidation sites excluding steroid dienone is 6. The molecule has 0 spiro atoms. The summed E-state index contributed by atoms with van der Waals surface area (Å²) in [6, 6.07) is -0.559. The van der Waals surface area contributed by atoms with E-state index in [4.69, 9.17) is 4.74 Å². The Balaban J connectivity index is 3.53. The van der Waals surface area contributed by atoms with Crippen LogP contribution in [0, 0.1) is 0 Å². The van der Waals surface area contributed by atoms with Gasteiger partial charge in [0.25, 0.3) is 0 Å². The van der Waals surface area contributed by atoms with Crippen LogP contribution in [0.1, 0.15) is 219 Å². The average Bonchev–Trinajstić information content (AvgIpc) is 3.14. The predicted octanol–water partition coefficient (Wildman–Crippen LogP) is 12.6. The minimum absolute atomic E-state index is 0.0394. The molecule has 0 aliphatic rings. The topological polar surface area (TPSA) is 95.9 Å². The lowest BCUT2D eigenvalue weighted by Gasteiger charge is -2.22. The molecule has 0 rings (SSSR count). The molecule has 6 heteroatoms. The SMILES string of the molecule is CCC/C=C\C/C=C\CCCCCCCC(=O)OCCCCC/C=C\CCCCCCCC(=O)NC(CO)C(O)CCCCCCCCCCCC. The molecule has 52 heavy (non-hydrogen) atoms. The van der Waals surface area contributed by atoms with Gasteiger partial charge in [0.2, 0.25) is 5.91 Å².